The molecule has 0 aliphatic heterocycles. The highest BCUT2D eigenvalue weighted by Gasteiger charge is 2.21. The van der Waals surface area contributed by atoms with E-state index in [0.717, 1.165) is 16.7 Å². The third kappa shape index (κ3) is 3.80. The van der Waals surface area contributed by atoms with Crippen molar-refractivity contribution in [3.8, 4) is 0 Å². The lowest BCUT2D eigenvalue weighted by Gasteiger charge is -2.07. The number of benzene rings is 2. The highest BCUT2D eigenvalue weighted by molar-refractivity contribution is 6.10. The summed E-state index contributed by atoms with van der Waals surface area (Å²) in [4.78, 5) is 30.2. The van der Waals surface area contributed by atoms with Crippen molar-refractivity contribution in [2.45, 2.75) is 20.8 Å². The second kappa shape index (κ2) is 7.83. The average Bonchev–Trinajstić information content (AvgIpc) is 3.12. The van der Waals surface area contributed by atoms with E-state index in [1.807, 2.05) is 69.3 Å². The van der Waals surface area contributed by atoms with Crippen LogP contribution in [0.25, 0.3) is 5.52 Å². The maximum Gasteiger partial charge on any atom is 0.292 e. The second-order valence-electron chi connectivity index (χ2n) is 7.31. The molecule has 0 saturated carbocycles. The second-order valence-corrected chi connectivity index (χ2v) is 7.31. The Labute approximate surface area is 174 Å². The predicted octanol–water partition coefficient (Wildman–Crippen LogP) is 4.76. The van der Waals surface area contributed by atoms with Crippen LogP contribution in [0, 0.1) is 20.8 Å². The Hall–Kier alpha value is -3.93. The molecule has 2 heterocycles. The lowest BCUT2D eigenvalue weighted by atomic mass is 10.1. The Balaban J connectivity index is 1.66. The number of nitrogens with zero attached hydrogens (tertiary/aromatic N) is 2. The van der Waals surface area contributed by atoms with Crippen molar-refractivity contribution in [3.63, 3.8) is 0 Å². The minimum atomic E-state index is -0.381. The molecule has 0 atom stereocenters. The molecule has 0 radical (unpaired) electrons. The first-order valence-corrected chi connectivity index (χ1v) is 9.66. The fraction of sp³-hybridized carbons (Fsp3) is 0.125. The lowest BCUT2D eigenvalue weighted by molar-refractivity contribution is 0.101. The van der Waals surface area contributed by atoms with Crippen molar-refractivity contribution < 1.29 is 9.59 Å². The van der Waals surface area contributed by atoms with Gasteiger partial charge in [-0.2, -0.15) is 0 Å². The van der Waals surface area contributed by atoms with E-state index in [-0.39, 0.29) is 23.3 Å². The van der Waals surface area contributed by atoms with Crippen LogP contribution < -0.4 is 10.6 Å². The summed E-state index contributed by atoms with van der Waals surface area (Å²) >= 11 is 0. The van der Waals surface area contributed by atoms with Crippen molar-refractivity contribution in [2.24, 2.45) is 0 Å². The minimum absolute atomic E-state index is 0.151. The van der Waals surface area contributed by atoms with Crippen LogP contribution in [0.1, 0.15) is 37.8 Å². The molecule has 2 aromatic carbocycles. The highest BCUT2D eigenvalue weighted by atomic mass is 16.2. The van der Waals surface area contributed by atoms with Gasteiger partial charge in [0.15, 0.2) is 5.69 Å². The smallest absolute Gasteiger partial charge is 0.292 e. The van der Waals surface area contributed by atoms with Gasteiger partial charge in [0.25, 0.3) is 11.8 Å². The number of carbonyl (C=O) groups is 2. The molecule has 2 aromatic heterocycles. The quantitative estimate of drug-likeness (QED) is 0.520. The first-order valence-electron chi connectivity index (χ1n) is 9.66. The van der Waals surface area contributed by atoms with Crippen LogP contribution in [0.15, 0.2) is 66.9 Å². The Morgan fingerprint density at radius 2 is 1.50 bits per heavy atom. The molecule has 2 amide bonds. The van der Waals surface area contributed by atoms with E-state index in [1.165, 1.54) is 0 Å². The molecule has 0 saturated heterocycles. The number of nitrogens with one attached hydrogen (secondary N) is 2. The average molecular weight is 398 g/mol. The number of carbonyl (C=O) groups excluding carboxylic acids is 2. The zero-order valence-corrected chi connectivity index (χ0v) is 17.1. The summed E-state index contributed by atoms with van der Waals surface area (Å²) in [7, 11) is 0. The fourth-order valence-corrected chi connectivity index (χ4v) is 3.20. The standard InChI is InChI=1S/C24H22N4O2/c1-15-7-10-18(11-8-15)25-23(29)21-20-6-4-5-13-28(20)22(27-21)24(30)26-19-12-9-16(2)17(3)14-19/h4-14H,1-3H3,(H,25,29)(H,26,30). The normalized spacial score (nSPS) is 10.8. The van der Waals surface area contributed by atoms with Crippen molar-refractivity contribution in [1.82, 2.24) is 9.38 Å². The summed E-state index contributed by atoms with van der Waals surface area (Å²) in [6.45, 7) is 5.99. The van der Waals surface area contributed by atoms with Crippen molar-refractivity contribution in [1.29, 1.82) is 0 Å². The number of hydrogen-bond acceptors (Lipinski definition) is 3. The molecule has 0 aliphatic rings. The number of pyridine rings is 1. The van der Waals surface area contributed by atoms with Crippen molar-refractivity contribution >= 4 is 28.7 Å². The number of rotatable bonds is 4. The van der Waals surface area contributed by atoms with Crippen LogP contribution >= 0.6 is 0 Å². The van der Waals surface area contributed by atoms with Gasteiger partial charge < -0.3 is 10.6 Å². The van der Waals surface area contributed by atoms with Crippen LogP contribution in [-0.4, -0.2) is 21.2 Å². The van der Waals surface area contributed by atoms with Gasteiger partial charge in [-0.05, 0) is 68.3 Å². The highest BCUT2D eigenvalue weighted by Crippen LogP contribution is 2.19. The summed E-state index contributed by atoms with van der Waals surface area (Å²) in [5, 5.41) is 5.72. The van der Waals surface area contributed by atoms with E-state index < -0.39 is 0 Å². The topological polar surface area (TPSA) is 75.5 Å². The molecule has 0 spiro atoms. The first kappa shape index (κ1) is 19.4. The Morgan fingerprint density at radius 1 is 0.800 bits per heavy atom. The van der Waals surface area contributed by atoms with Crippen molar-refractivity contribution in [3.05, 3.63) is 95.1 Å². The van der Waals surface area contributed by atoms with E-state index in [9.17, 15) is 9.59 Å². The summed E-state index contributed by atoms with van der Waals surface area (Å²) < 4.78 is 1.63. The maximum absolute atomic E-state index is 12.9. The number of aromatic nitrogens is 2. The molecule has 0 unspecified atom stereocenters. The zero-order chi connectivity index (χ0) is 21.3. The first-order chi connectivity index (χ1) is 14.4. The molecule has 6 heteroatoms. The molecular weight excluding hydrogens is 376 g/mol. The molecule has 2 N–H and O–H groups in total. The molecule has 4 rings (SSSR count). The van der Waals surface area contributed by atoms with Gasteiger partial charge in [0.1, 0.15) is 0 Å². The molecule has 0 fully saturated rings. The van der Waals surface area contributed by atoms with Crippen LogP contribution in [0.4, 0.5) is 11.4 Å². The number of amides is 2. The maximum atomic E-state index is 12.9. The summed E-state index contributed by atoms with van der Waals surface area (Å²) in [5.74, 6) is -0.598. The number of hydrogen-bond donors (Lipinski definition) is 2. The summed E-state index contributed by atoms with van der Waals surface area (Å²) in [5.41, 5.74) is 5.44. The molecule has 30 heavy (non-hydrogen) atoms. The number of anilines is 2. The van der Waals surface area contributed by atoms with E-state index in [2.05, 4.69) is 15.6 Å². The van der Waals surface area contributed by atoms with Crippen LogP contribution in [0.5, 0.6) is 0 Å². The minimum Gasteiger partial charge on any atom is -0.321 e. The van der Waals surface area contributed by atoms with Gasteiger partial charge >= 0.3 is 0 Å². The van der Waals surface area contributed by atoms with Crippen LogP contribution in [0.2, 0.25) is 0 Å². The van der Waals surface area contributed by atoms with Gasteiger partial charge in [-0.25, -0.2) is 4.98 Å². The van der Waals surface area contributed by atoms with E-state index in [4.69, 9.17) is 0 Å². The van der Waals surface area contributed by atoms with E-state index in [1.54, 1.807) is 22.7 Å². The van der Waals surface area contributed by atoms with Crippen LogP contribution in [0.3, 0.4) is 0 Å². The monoisotopic (exact) mass is 398 g/mol. The third-order valence-electron chi connectivity index (χ3n) is 5.04. The van der Waals surface area contributed by atoms with Crippen LogP contribution in [-0.2, 0) is 0 Å². The summed E-state index contributed by atoms with van der Waals surface area (Å²) in [6, 6.07) is 18.6. The van der Waals surface area contributed by atoms with Gasteiger partial charge in [0.2, 0.25) is 5.82 Å². The molecule has 150 valence electrons. The molecular formula is C24H22N4O2. The van der Waals surface area contributed by atoms with E-state index >= 15 is 0 Å². The number of fused-ring (bicyclic) bond motifs is 1. The number of imidazole rings is 1. The molecule has 6 nitrogen and oxygen atoms in total. The van der Waals surface area contributed by atoms with E-state index in [0.29, 0.717) is 16.9 Å². The number of aryl methyl sites for hydroxylation is 3. The molecule has 4 aromatic rings. The fourth-order valence-electron chi connectivity index (χ4n) is 3.20. The largest absolute Gasteiger partial charge is 0.321 e. The van der Waals surface area contributed by atoms with Gasteiger partial charge in [-0.15, -0.1) is 0 Å². The van der Waals surface area contributed by atoms with Crippen molar-refractivity contribution in [2.75, 3.05) is 10.6 Å². The Bertz CT molecular complexity index is 1260. The summed E-state index contributed by atoms with van der Waals surface area (Å²) in [6.07, 6.45) is 1.72. The molecule has 0 aliphatic carbocycles. The predicted molar refractivity (Wildman–Crippen MR) is 118 cm³/mol. The van der Waals surface area contributed by atoms with Gasteiger partial charge in [0.05, 0.1) is 5.52 Å². The SMILES string of the molecule is Cc1ccc(NC(=O)c2nc(C(=O)Nc3ccc(C)c(C)c3)n3ccccc23)cc1. The van der Waals surface area contributed by atoms with Gasteiger partial charge in [0, 0.05) is 17.6 Å². The van der Waals surface area contributed by atoms with Gasteiger partial charge in [-0.1, -0.05) is 29.8 Å². The molecule has 0 bridgehead atoms. The Kier molecular flexibility index (Phi) is 5.06. The zero-order valence-electron chi connectivity index (χ0n) is 17.1. The third-order valence-corrected chi connectivity index (χ3v) is 5.04. The lowest BCUT2D eigenvalue weighted by Crippen LogP contribution is -2.16. The Morgan fingerprint density at radius 3 is 2.23 bits per heavy atom. The van der Waals surface area contributed by atoms with Gasteiger partial charge in [-0.3, -0.25) is 14.0 Å².